The standard InChI is InChI=1S/C12H20N2/c1-5-10-9-6-7-12(2,3)8-11(9)14(4)13-10/h5-8H2,1-4H3. The van der Waals surface area contributed by atoms with Gasteiger partial charge in [0, 0.05) is 12.7 Å². The summed E-state index contributed by atoms with van der Waals surface area (Å²) in [4.78, 5) is 0. The van der Waals surface area contributed by atoms with Crippen molar-refractivity contribution in [3.8, 4) is 0 Å². The number of hydrogen-bond acceptors (Lipinski definition) is 1. The summed E-state index contributed by atoms with van der Waals surface area (Å²) in [7, 11) is 2.08. The van der Waals surface area contributed by atoms with Gasteiger partial charge in [0.2, 0.25) is 0 Å². The monoisotopic (exact) mass is 192 g/mol. The van der Waals surface area contributed by atoms with Crippen LogP contribution >= 0.6 is 0 Å². The fourth-order valence-electron chi connectivity index (χ4n) is 2.46. The second kappa shape index (κ2) is 3.11. The Morgan fingerprint density at radius 1 is 1.43 bits per heavy atom. The molecular weight excluding hydrogens is 172 g/mol. The second-order valence-electron chi connectivity index (χ2n) is 5.19. The SMILES string of the molecule is CCc1nn(C)c2c1CCC(C)(C)C2. The predicted octanol–water partition coefficient (Wildman–Crippen LogP) is 2.50. The van der Waals surface area contributed by atoms with Gasteiger partial charge in [0.15, 0.2) is 0 Å². The average molecular weight is 192 g/mol. The zero-order chi connectivity index (χ0) is 10.3. The first-order chi connectivity index (χ1) is 6.53. The minimum absolute atomic E-state index is 0.464. The van der Waals surface area contributed by atoms with E-state index < -0.39 is 0 Å². The van der Waals surface area contributed by atoms with Crippen LogP contribution in [0.2, 0.25) is 0 Å². The van der Waals surface area contributed by atoms with Gasteiger partial charge in [-0.2, -0.15) is 5.10 Å². The highest BCUT2D eigenvalue weighted by Gasteiger charge is 2.29. The molecule has 0 aromatic carbocycles. The molecule has 0 saturated heterocycles. The molecular formula is C12H20N2. The first-order valence-electron chi connectivity index (χ1n) is 5.57. The molecule has 14 heavy (non-hydrogen) atoms. The number of fused-ring (bicyclic) bond motifs is 1. The third-order valence-corrected chi connectivity index (χ3v) is 3.39. The largest absolute Gasteiger partial charge is 0.272 e. The van der Waals surface area contributed by atoms with E-state index in [9.17, 15) is 0 Å². The molecule has 0 N–H and O–H groups in total. The van der Waals surface area contributed by atoms with E-state index in [0.717, 1.165) is 6.42 Å². The van der Waals surface area contributed by atoms with Crippen molar-refractivity contribution in [3.05, 3.63) is 17.0 Å². The number of rotatable bonds is 1. The van der Waals surface area contributed by atoms with Gasteiger partial charge in [-0.25, -0.2) is 0 Å². The third kappa shape index (κ3) is 1.47. The van der Waals surface area contributed by atoms with E-state index in [1.165, 1.54) is 36.2 Å². The Bertz CT molecular complexity index is 347. The molecule has 1 aromatic rings. The fraction of sp³-hybridized carbons (Fsp3) is 0.750. The number of aromatic nitrogens is 2. The summed E-state index contributed by atoms with van der Waals surface area (Å²) >= 11 is 0. The van der Waals surface area contributed by atoms with Crippen LogP contribution in [0.25, 0.3) is 0 Å². The van der Waals surface area contributed by atoms with Crippen molar-refractivity contribution in [2.24, 2.45) is 12.5 Å². The molecule has 1 aromatic heterocycles. The van der Waals surface area contributed by atoms with Gasteiger partial charge in [-0.1, -0.05) is 20.8 Å². The van der Waals surface area contributed by atoms with E-state index in [0.29, 0.717) is 5.41 Å². The first kappa shape index (κ1) is 9.75. The van der Waals surface area contributed by atoms with E-state index in [1.54, 1.807) is 0 Å². The maximum atomic E-state index is 4.59. The molecule has 2 heteroatoms. The zero-order valence-electron chi connectivity index (χ0n) is 9.72. The van der Waals surface area contributed by atoms with Crippen molar-refractivity contribution in [2.75, 3.05) is 0 Å². The maximum absolute atomic E-state index is 4.59. The Morgan fingerprint density at radius 2 is 2.14 bits per heavy atom. The molecule has 0 unspecified atom stereocenters. The molecule has 0 fully saturated rings. The van der Waals surface area contributed by atoms with Crippen LogP contribution in [0.3, 0.4) is 0 Å². The molecule has 2 nitrogen and oxygen atoms in total. The number of aryl methyl sites for hydroxylation is 2. The highest BCUT2D eigenvalue weighted by molar-refractivity contribution is 5.30. The minimum atomic E-state index is 0.464. The molecule has 1 aliphatic carbocycles. The van der Waals surface area contributed by atoms with Crippen LogP contribution in [0.1, 0.15) is 44.1 Å². The summed E-state index contributed by atoms with van der Waals surface area (Å²) < 4.78 is 2.09. The Kier molecular flexibility index (Phi) is 2.17. The van der Waals surface area contributed by atoms with Crippen LogP contribution in [0.4, 0.5) is 0 Å². The first-order valence-corrected chi connectivity index (χ1v) is 5.57. The van der Waals surface area contributed by atoms with Crippen molar-refractivity contribution in [1.82, 2.24) is 9.78 Å². The van der Waals surface area contributed by atoms with E-state index in [1.807, 2.05) is 0 Å². The van der Waals surface area contributed by atoms with Crippen LogP contribution in [0.15, 0.2) is 0 Å². The van der Waals surface area contributed by atoms with Gasteiger partial charge in [-0.3, -0.25) is 4.68 Å². The van der Waals surface area contributed by atoms with Gasteiger partial charge in [0.25, 0.3) is 0 Å². The third-order valence-electron chi connectivity index (χ3n) is 3.39. The minimum Gasteiger partial charge on any atom is -0.272 e. The zero-order valence-corrected chi connectivity index (χ0v) is 9.72. The Labute approximate surface area is 86.3 Å². The molecule has 0 aliphatic heterocycles. The van der Waals surface area contributed by atoms with Crippen LogP contribution in [-0.2, 0) is 26.3 Å². The maximum Gasteiger partial charge on any atom is 0.0656 e. The lowest BCUT2D eigenvalue weighted by Gasteiger charge is -2.29. The normalized spacial score (nSPS) is 19.4. The Morgan fingerprint density at radius 3 is 2.79 bits per heavy atom. The predicted molar refractivity (Wildman–Crippen MR) is 58.4 cm³/mol. The van der Waals surface area contributed by atoms with Gasteiger partial charge < -0.3 is 0 Å². The lowest BCUT2D eigenvalue weighted by atomic mass is 9.76. The number of hydrogen-bond donors (Lipinski definition) is 0. The molecule has 0 saturated carbocycles. The lowest BCUT2D eigenvalue weighted by molar-refractivity contribution is 0.306. The van der Waals surface area contributed by atoms with Gasteiger partial charge in [-0.05, 0) is 36.7 Å². The molecule has 1 aliphatic rings. The Hall–Kier alpha value is -0.790. The van der Waals surface area contributed by atoms with E-state index in [4.69, 9.17) is 0 Å². The van der Waals surface area contributed by atoms with Gasteiger partial charge in [-0.15, -0.1) is 0 Å². The van der Waals surface area contributed by atoms with Crippen molar-refractivity contribution in [2.45, 2.75) is 46.5 Å². The quantitative estimate of drug-likeness (QED) is 0.668. The van der Waals surface area contributed by atoms with E-state index in [2.05, 4.69) is 37.6 Å². The molecule has 0 amide bonds. The van der Waals surface area contributed by atoms with Crippen LogP contribution in [-0.4, -0.2) is 9.78 Å². The summed E-state index contributed by atoms with van der Waals surface area (Å²) in [5.41, 5.74) is 4.79. The summed E-state index contributed by atoms with van der Waals surface area (Å²) in [5, 5.41) is 4.59. The van der Waals surface area contributed by atoms with Crippen molar-refractivity contribution >= 4 is 0 Å². The smallest absolute Gasteiger partial charge is 0.0656 e. The molecule has 0 radical (unpaired) electrons. The van der Waals surface area contributed by atoms with Crippen LogP contribution in [0.5, 0.6) is 0 Å². The second-order valence-corrected chi connectivity index (χ2v) is 5.19. The van der Waals surface area contributed by atoms with Gasteiger partial charge in [0.1, 0.15) is 0 Å². The van der Waals surface area contributed by atoms with E-state index in [-0.39, 0.29) is 0 Å². The van der Waals surface area contributed by atoms with Crippen LogP contribution < -0.4 is 0 Å². The van der Waals surface area contributed by atoms with Crippen molar-refractivity contribution < 1.29 is 0 Å². The molecule has 0 atom stereocenters. The van der Waals surface area contributed by atoms with Gasteiger partial charge in [0.05, 0.1) is 5.69 Å². The summed E-state index contributed by atoms with van der Waals surface area (Å²) in [6.07, 6.45) is 4.79. The summed E-state index contributed by atoms with van der Waals surface area (Å²) in [5.74, 6) is 0. The van der Waals surface area contributed by atoms with Crippen LogP contribution in [0, 0.1) is 5.41 Å². The topological polar surface area (TPSA) is 17.8 Å². The summed E-state index contributed by atoms with van der Waals surface area (Å²) in [6.45, 7) is 6.91. The Balaban J connectivity index is 2.43. The van der Waals surface area contributed by atoms with Crippen molar-refractivity contribution in [3.63, 3.8) is 0 Å². The van der Waals surface area contributed by atoms with Gasteiger partial charge >= 0.3 is 0 Å². The lowest BCUT2D eigenvalue weighted by Crippen LogP contribution is -2.23. The fourth-order valence-corrected chi connectivity index (χ4v) is 2.46. The van der Waals surface area contributed by atoms with Crippen molar-refractivity contribution in [1.29, 1.82) is 0 Å². The van der Waals surface area contributed by atoms with E-state index >= 15 is 0 Å². The molecule has 78 valence electrons. The molecule has 2 rings (SSSR count). The molecule has 1 heterocycles. The molecule has 0 spiro atoms. The molecule has 0 bridgehead atoms. The summed E-state index contributed by atoms with van der Waals surface area (Å²) in [6, 6.07) is 0. The average Bonchev–Trinajstić information content (AvgIpc) is 2.41. The number of nitrogens with zero attached hydrogens (tertiary/aromatic N) is 2. The highest BCUT2D eigenvalue weighted by atomic mass is 15.3. The highest BCUT2D eigenvalue weighted by Crippen LogP contribution is 2.35.